The van der Waals surface area contributed by atoms with Gasteiger partial charge < -0.3 is 4.90 Å². The van der Waals surface area contributed by atoms with Crippen LogP contribution in [0.4, 0.5) is 0 Å². The highest BCUT2D eigenvalue weighted by Crippen LogP contribution is 2.35. The molecule has 1 amide bonds. The molecule has 1 aliphatic carbocycles. The minimum atomic E-state index is -3.58. The van der Waals surface area contributed by atoms with Gasteiger partial charge in [-0.1, -0.05) is 42.1 Å². The molecule has 138 valence electrons. The van der Waals surface area contributed by atoms with Gasteiger partial charge in [0, 0.05) is 22.6 Å². The van der Waals surface area contributed by atoms with Crippen LogP contribution in [-0.4, -0.2) is 37.6 Å². The summed E-state index contributed by atoms with van der Waals surface area (Å²) < 4.78 is 25.0. The van der Waals surface area contributed by atoms with E-state index in [0.29, 0.717) is 28.1 Å². The highest BCUT2D eigenvalue weighted by atomic mass is 35.5. The fraction of sp³-hybridized carbons (Fsp3) is 0.611. The molecule has 1 saturated carbocycles. The standard InChI is InChI=1S/C18H23Cl2NO3S/c19-15-8-7-14(16(20)10-15)11-25(23,24)12-18(22)21-9-3-5-13-4-1-2-6-17(13)21/h7-8,10,13,17H,1-6,9,11-12H2/t13-,17-/m0/s1. The van der Waals surface area contributed by atoms with Crippen LogP contribution in [0.1, 0.15) is 44.1 Å². The summed E-state index contributed by atoms with van der Waals surface area (Å²) in [5.41, 5.74) is 0.480. The minimum Gasteiger partial charge on any atom is -0.339 e. The average molecular weight is 404 g/mol. The Morgan fingerprint density at radius 3 is 2.60 bits per heavy atom. The van der Waals surface area contributed by atoms with E-state index in [1.54, 1.807) is 12.1 Å². The third-order valence-electron chi connectivity index (χ3n) is 5.30. The van der Waals surface area contributed by atoms with Gasteiger partial charge in [0.2, 0.25) is 5.91 Å². The molecule has 1 aliphatic heterocycles. The number of sulfone groups is 1. The van der Waals surface area contributed by atoms with Crippen molar-refractivity contribution in [2.45, 2.75) is 50.3 Å². The Kier molecular flexibility index (Phi) is 5.96. The van der Waals surface area contributed by atoms with E-state index in [1.807, 2.05) is 4.90 Å². The second-order valence-electron chi connectivity index (χ2n) is 7.11. The number of likely N-dealkylation sites (tertiary alicyclic amines) is 1. The third-order valence-corrected chi connectivity index (χ3v) is 7.32. The fourth-order valence-corrected chi connectivity index (χ4v) is 6.06. The molecule has 0 unspecified atom stereocenters. The number of nitrogens with zero attached hydrogens (tertiary/aromatic N) is 1. The molecule has 1 aromatic rings. The molecule has 0 spiro atoms. The van der Waals surface area contributed by atoms with Gasteiger partial charge in [-0.25, -0.2) is 8.42 Å². The van der Waals surface area contributed by atoms with Crippen LogP contribution in [0.15, 0.2) is 18.2 Å². The van der Waals surface area contributed by atoms with Gasteiger partial charge in [0.25, 0.3) is 0 Å². The summed E-state index contributed by atoms with van der Waals surface area (Å²) in [6.45, 7) is 0.678. The molecule has 7 heteroatoms. The lowest BCUT2D eigenvalue weighted by Gasteiger charge is -2.44. The maximum atomic E-state index is 12.7. The van der Waals surface area contributed by atoms with Crippen LogP contribution in [0.2, 0.25) is 10.0 Å². The Morgan fingerprint density at radius 2 is 1.84 bits per heavy atom. The molecule has 0 radical (unpaired) electrons. The Morgan fingerprint density at radius 1 is 1.12 bits per heavy atom. The number of rotatable bonds is 4. The van der Waals surface area contributed by atoms with Gasteiger partial charge >= 0.3 is 0 Å². The Bertz CT molecular complexity index is 749. The second-order valence-corrected chi connectivity index (χ2v) is 10.0. The lowest BCUT2D eigenvalue weighted by Crippen LogP contribution is -2.51. The van der Waals surface area contributed by atoms with Crippen molar-refractivity contribution >= 4 is 38.9 Å². The monoisotopic (exact) mass is 403 g/mol. The Labute approximate surface area is 159 Å². The van der Waals surface area contributed by atoms with Crippen molar-refractivity contribution in [1.82, 2.24) is 4.90 Å². The lowest BCUT2D eigenvalue weighted by molar-refractivity contribution is -0.134. The number of piperidine rings is 1. The van der Waals surface area contributed by atoms with Crippen molar-refractivity contribution in [3.05, 3.63) is 33.8 Å². The zero-order valence-electron chi connectivity index (χ0n) is 14.1. The quantitative estimate of drug-likeness (QED) is 0.760. The number of fused-ring (bicyclic) bond motifs is 1. The lowest BCUT2D eigenvalue weighted by atomic mass is 9.78. The van der Waals surface area contributed by atoms with Crippen LogP contribution in [0.5, 0.6) is 0 Å². The van der Waals surface area contributed by atoms with Crippen LogP contribution in [0.25, 0.3) is 0 Å². The van der Waals surface area contributed by atoms with Crippen molar-refractivity contribution in [2.24, 2.45) is 5.92 Å². The van der Waals surface area contributed by atoms with E-state index < -0.39 is 15.6 Å². The summed E-state index contributed by atoms with van der Waals surface area (Å²) in [5, 5.41) is 0.771. The van der Waals surface area contributed by atoms with Crippen LogP contribution in [0.3, 0.4) is 0 Å². The zero-order chi connectivity index (χ0) is 18.0. The summed E-state index contributed by atoms with van der Waals surface area (Å²) in [6.07, 6.45) is 6.62. The normalized spacial score (nSPS) is 24.0. The van der Waals surface area contributed by atoms with Crippen LogP contribution in [0, 0.1) is 5.92 Å². The van der Waals surface area contributed by atoms with Crippen molar-refractivity contribution < 1.29 is 13.2 Å². The largest absolute Gasteiger partial charge is 0.339 e. The molecule has 1 saturated heterocycles. The first kappa shape index (κ1) is 19.0. The third kappa shape index (κ3) is 4.69. The van der Waals surface area contributed by atoms with Gasteiger partial charge in [-0.05, 0) is 49.3 Å². The number of benzene rings is 1. The van der Waals surface area contributed by atoms with Gasteiger partial charge in [-0.3, -0.25) is 4.79 Å². The molecular weight excluding hydrogens is 381 g/mol. The highest BCUT2D eigenvalue weighted by molar-refractivity contribution is 7.91. The van der Waals surface area contributed by atoms with E-state index in [2.05, 4.69) is 0 Å². The fourth-order valence-electron chi connectivity index (χ4n) is 4.13. The molecule has 2 aliphatic rings. The number of carbonyl (C=O) groups is 1. The molecule has 3 rings (SSSR count). The van der Waals surface area contributed by atoms with E-state index in [1.165, 1.54) is 12.5 Å². The molecule has 25 heavy (non-hydrogen) atoms. The van der Waals surface area contributed by atoms with Gasteiger partial charge in [0.05, 0.1) is 5.75 Å². The van der Waals surface area contributed by atoms with Crippen LogP contribution >= 0.6 is 23.2 Å². The SMILES string of the molecule is O=C(CS(=O)(=O)Cc1ccc(Cl)cc1Cl)N1CCC[C@@H]2CCCC[C@@H]21. The van der Waals surface area contributed by atoms with E-state index in [0.717, 1.165) is 32.1 Å². The van der Waals surface area contributed by atoms with Crippen LogP contribution in [-0.2, 0) is 20.4 Å². The van der Waals surface area contributed by atoms with E-state index >= 15 is 0 Å². The number of halogens is 2. The summed E-state index contributed by atoms with van der Waals surface area (Å²) in [5.74, 6) is -0.409. The summed E-state index contributed by atoms with van der Waals surface area (Å²) in [6, 6.07) is 4.96. The number of hydrogen-bond acceptors (Lipinski definition) is 3. The van der Waals surface area contributed by atoms with Gasteiger partial charge in [0.1, 0.15) is 5.75 Å². The molecule has 1 heterocycles. The summed E-state index contributed by atoms with van der Waals surface area (Å²) in [7, 11) is -3.58. The number of hydrogen-bond donors (Lipinski definition) is 0. The van der Waals surface area contributed by atoms with Gasteiger partial charge in [-0.2, -0.15) is 0 Å². The molecule has 4 nitrogen and oxygen atoms in total. The molecule has 0 aromatic heterocycles. The molecule has 0 N–H and O–H groups in total. The van der Waals surface area contributed by atoms with Crippen LogP contribution < -0.4 is 0 Å². The predicted molar refractivity (Wildman–Crippen MR) is 101 cm³/mol. The van der Waals surface area contributed by atoms with E-state index in [9.17, 15) is 13.2 Å². The zero-order valence-corrected chi connectivity index (χ0v) is 16.4. The maximum absolute atomic E-state index is 12.7. The van der Waals surface area contributed by atoms with Gasteiger partial charge in [0.15, 0.2) is 9.84 Å². The summed E-state index contributed by atoms with van der Waals surface area (Å²) >= 11 is 11.9. The first-order valence-electron chi connectivity index (χ1n) is 8.79. The number of carbonyl (C=O) groups excluding carboxylic acids is 1. The molecule has 1 aromatic carbocycles. The van der Waals surface area contributed by atoms with E-state index in [4.69, 9.17) is 23.2 Å². The maximum Gasteiger partial charge on any atom is 0.238 e. The molecule has 2 atom stereocenters. The second kappa shape index (κ2) is 7.85. The smallest absolute Gasteiger partial charge is 0.238 e. The average Bonchev–Trinajstić information content (AvgIpc) is 2.56. The molecule has 2 fully saturated rings. The minimum absolute atomic E-state index is 0.226. The first-order valence-corrected chi connectivity index (χ1v) is 11.4. The first-order chi connectivity index (χ1) is 11.9. The molecular formula is C18H23Cl2NO3S. The highest BCUT2D eigenvalue weighted by Gasteiger charge is 2.36. The Balaban J connectivity index is 1.68. The molecule has 0 bridgehead atoms. The number of amides is 1. The van der Waals surface area contributed by atoms with Crippen molar-refractivity contribution in [1.29, 1.82) is 0 Å². The summed E-state index contributed by atoms with van der Waals surface area (Å²) in [4.78, 5) is 14.5. The topological polar surface area (TPSA) is 54.5 Å². The van der Waals surface area contributed by atoms with E-state index in [-0.39, 0.29) is 17.7 Å². The van der Waals surface area contributed by atoms with Crippen molar-refractivity contribution in [2.75, 3.05) is 12.3 Å². The Hall–Kier alpha value is -0.780. The van der Waals surface area contributed by atoms with Crippen molar-refractivity contribution in [3.63, 3.8) is 0 Å². The van der Waals surface area contributed by atoms with Crippen molar-refractivity contribution in [3.8, 4) is 0 Å². The predicted octanol–water partition coefficient (Wildman–Crippen LogP) is 4.09. The van der Waals surface area contributed by atoms with Gasteiger partial charge in [-0.15, -0.1) is 0 Å².